The van der Waals surface area contributed by atoms with E-state index in [9.17, 15) is 0 Å². The van der Waals surface area contributed by atoms with Gasteiger partial charge in [0.25, 0.3) is 0 Å². The molecule has 2 aromatic heterocycles. The molecule has 0 saturated carbocycles. The van der Waals surface area contributed by atoms with Crippen molar-refractivity contribution in [3.05, 3.63) is 170 Å². The third kappa shape index (κ3) is 5.25. The first-order valence-electron chi connectivity index (χ1n) is 15.9. The van der Waals surface area contributed by atoms with E-state index in [4.69, 9.17) is 15.0 Å². The van der Waals surface area contributed by atoms with Crippen LogP contribution in [0.3, 0.4) is 0 Å². The molecule has 4 heteroatoms. The highest BCUT2D eigenvalue weighted by atomic mass is 15.0. The van der Waals surface area contributed by atoms with Gasteiger partial charge in [-0.05, 0) is 80.6 Å². The van der Waals surface area contributed by atoms with Crippen molar-refractivity contribution in [2.45, 2.75) is 0 Å². The van der Waals surface area contributed by atoms with Crippen LogP contribution in [0.15, 0.2) is 159 Å². The van der Waals surface area contributed by atoms with Crippen LogP contribution in [-0.4, -0.2) is 19.9 Å². The molecular weight excluding hydrogens is 585 g/mol. The molecule has 2 heterocycles. The van der Waals surface area contributed by atoms with Crippen molar-refractivity contribution in [1.29, 1.82) is 0 Å². The number of rotatable bonds is 7. The molecule has 0 atom stereocenters. The Hall–Kier alpha value is -6.52. The minimum atomic E-state index is 0.597. The van der Waals surface area contributed by atoms with Gasteiger partial charge in [0.15, 0.2) is 17.5 Å². The van der Waals surface area contributed by atoms with E-state index in [0.717, 1.165) is 71.7 Å². The number of fused-ring (bicyclic) bond motifs is 2. The van der Waals surface area contributed by atoms with Gasteiger partial charge in [-0.25, -0.2) is 15.0 Å². The van der Waals surface area contributed by atoms with E-state index in [0.29, 0.717) is 17.5 Å². The van der Waals surface area contributed by atoms with Crippen LogP contribution >= 0.6 is 0 Å². The Kier molecular flexibility index (Phi) is 7.44. The van der Waals surface area contributed by atoms with Crippen LogP contribution in [0.25, 0.3) is 90.2 Å². The fourth-order valence-corrected chi connectivity index (χ4v) is 6.42. The third-order valence-electron chi connectivity index (χ3n) is 8.70. The highest BCUT2D eigenvalue weighted by Crippen LogP contribution is 2.40. The van der Waals surface area contributed by atoms with Gasteiger partial charge in [-0.1, -0.05) is 128 Å². The Morgan fingerprint density at radius 2 is 0.979 bits per heavy atom. The lowest BCUT2D eigenvalue weighted by atomic mass is 9.88. The number of hydrogen-bond donors (Lipinski definition) is 0. The van der Waals surface area contributed by atoms with Crippen molar-refractivity contribution in [1.82, 2.24) is 19.9 Å². The summed E-state index contributed by atoms with van der Waals surface area (Å²) in [6, 6.07) is 47.8. The van der Waals surface area contributed by atoms with Gasteiger partial charge in [0.1, 0.15) is 0 Å². The molecule has 0 N–H and O–H groups in total. The highest BCUT2D eigenvalue weighted by Gasteiger charge is 2.17. The van der Waals surface area contributed by atoms with Gasteiger partial charge in [-0.2, -0.15) is 0 Å². The molecule has 0 fully saturated rings. The van der Waals surface area contributed by atoms with Crippen LogP contribution in [-0.2, 0) is 0 Å². The standard InChI is InChI=1S/C44H30N4/c1-3-29-28-40(38-20-12-11-19-37(38)35(29)4-2)33-25-32(36-21-13-23-41-39(36)22-14-24-45-41)26-34(27-33)44-47-42(30-15-7-5-8-16-30)46-43(48-44)31-17-9-6-10-18-31/h3-28H,1-2H2. The van der Waals surface area contributed by atoms with Crippen LogP contribution in [0, 0.1) is 0 Å². The van der Waals surface area contributed by atoms with E-state index >= 15 is 0 Å². The van der Waals surface area contributed by atoms with Crippen molar-refractivity contribution in [2.75, 3.05) is 0 Å². The predicted octanol–water partition coefficient (Wildman–Crippen LogP) is 11.2. The van der Waals surface area contributed by atoms with Gasteiger partial charge >= 0.3 is 0 Å². The molecule has 0 aliphatic heterocycles. The third-order valence-corrected chi connectivity index (χ3v) is 8.70. The number of pyridine rings is 1. The fraction of sp³-hybridized carbons (Fsp3) is 0. The van der Waals surface area contributed by atoms with Gasteiger partial charge in [-0.3, -0.25) is 4.98 Å². The molecule has 4 nitrogen and oxygen atoms in total. The number of nitrogens with zero attached hydrogens (tertiary/aromatic N) is 4. The predicted molar refractivity (Wildman–Crippen MR) is 200 cm³/mol. The zero-order valence-corrected chi connectivity index (χ0v) is 26.2. The Labute approximate surface area is 279 Å². The number of hydrogen-bond acceptors (Lipinski definition) is 4. The summed E-state index contributed by atoms with van der Waals surface area (Å²) in [6.45, 7) is 8.26. The van der Waals surface area contributed by atoms with E-state index in [1.165, 1.54) is 0 Å². The summed E-state index contributed by atoms with van der Waals surface area (Å²) in [5, 5.41) is 3.33. The van der Waals surface area contributed by atoms with Gasteiger partial charge in [0.05, 0.1) is 5.52 Å². The first-order valence-corrected chi connectivity index (χ1v) is 15.9. The average molecular weight is 615 g/mol. The van der Waals surface area contributed by atoms with Crippen LogP contribution in [0.2, 0.25) is 0 Å². The largest absolute Gasteiger partial charge is 0.256 e. The summed E-state index contributed by atoms with van der Waals surface area (Å²) in [7, 11) is 0. The molecule has 226 valence electrons. The summed E-state index contributed by atoms with van der Waals surface area (Å²) in [6.07, 6.45) is 5.65. The Morgan fingerprint density at radius 1 is 0.417 bits per heavy atom. The maximum Gasteiger partial charge on any atom is 0.164 e. The van der Waals surface area contributed by atoms with E-state index in [-0.39, 0.29) is 0 Å². The first kappa shape index (κ1) is 28.9. The molecule has 0 aliphatic carbocycles. The lowest BCUT2D eigenvalue weighted by Gasteiger charge is -2.16. The molecule has 0 unspecified atom stereocenters. The molecule has 8 aromatic rings. The molecule has 8 rings (SSSR count). The summed E-state index contributed by atoms with van der Waals surface area (Å²) in [5.41, 5.74) is 10.0. The summed E-state index contributed by atoms with van der Waals surface area (Å²) in [5.74, 6) is 1.84. The molecule has 0 radical (unpaired) electrons. The Bertz CT molecular complexity index is 2420. The zero-order valence-electron chi connectivity index (χ0n) is 26.2. The molecule has 6 aromatic carbocycles. The molecule has 0 spiro atoms. The fourth-order valence-electron chi connectivity index (χ4n) is 6.42. The van der Waals surface area contributed by atoms with E-state index in [1.54, 1.807) is 0 Å². The van der Waals surface area contributed by atoms with Crippen molar-refractivity contribution in [2.24, 2.45) is 0 Å². The van der Waals surface area contributed by atoms with Crippen molar-refractivity contribution >= 4 is 33.8 Å². The quantitative estimate of drug-likeness (QED) is 0.179. The van der Waals surface area contributed by atoms with Crippen molar-refractivity contribution in [3.8, 4) is 56.4 Å². The lowest BCUT2D eigenvalue weighted by Crippen LogP contribution is -2.00. The van der Waals surface area contributed by atoms with Crippen LogP contribution in [0.5, 0.6) is 0 Å². The summed E-state index contributed by atoms with van der Waals surface area (Å²) < 4.78 is 0. The second kappa shape index (κ2) is 12.3. The molecule has 0 saturated heterocycles. The smallest absolute Gasteiger partial charge is 0.164 e. The average Bonchev–Trinajstić information content (AvgIpc) is 3.17. The van der Waals surface area contributed by atoms with Crippen LogP contribution in [0.1, 0.15) is 11.1 Å². The topological polar surface area (TPSA) is 51.6 Å². The molecule has 0 aliphatic rings. The van der Waals surface area contributed by atoms with Crippen LogP contribution in [0.4, 0.5) is 0 Å². The lowest BCUT2D eigenvalue weighted by molar-refractivity contribution is 1.07. The molecular formula is C44H30N4. The van der Waals surface area contributed by atoms with Crippen molar-refractivity contribution in [3.63, 3.8) is 0 Å². The monoisotopic (exact) mass is 614 g/mol. The molecule has 0 bridgehead atoms. The van der Waals surface area contributed by atoms with Crippen LogP contribution < -0.4 is 0 Å². The normalized spacial score (nSPS) is 11.1. The minimum absolute atomic E-state index is 0.597. The first-order chi connectivity index (χ1) is 23.7. The van der Waals surface area contributed by atoms with E-state index in [2.05, 4.69) is 84.9 Å². The molecule has 48 heavy (non-hydrogen) atoms. The second-order valence-electron chi connectivity index (χ2n) is 11.6. The summed E-state index contributed by atoms with van der Waals surface area (Å²) >= 11 is 0. The Balaban J connectivity index is 1.44. The minimum Gasteiger partial charge on any atom is -0.256 e. The second-order valence-corrected chi connectivity index (χ2v) is 11.6. The zero-order chi connectivity index (χ0) is 32.5. The van der Waals surface area contributed by atoms with E-state index in [1.807, 2.05) is 91.1 Å². The number of benzene rings is 6. The number of aromatic nitrogens is 4. The van der Waals surface area contributed by atoms with Gasteiger partial charge in [-0.15, -0.1) is 0 Å². The van der Waals surface area contributed by atoms with E-state index < -0.39 is 0 Å². The summed E-state index contributed by atoms with van der Waals surface area (Å²) in [4.78, 5) is 19.8. The highest BCUT2D eigenvalue weighted by molar-refractivity contribution is 6.05. The van der Waals surface area contributed by atoms with Crippen molar-refractivity contribution < 1.29 is 0 Å². The van der Waals surface area contributed by atoms with Gasteiger partial charge < -0.3 is 0 Å². The van der Waals surface area contributed by atoms with Gasteiger partial charge in [0, 0.05) is 28.3 Å². The SMILES string of the molecule is C=Cc1cc(-c2cc(-c3nc(-c4ccccc4)nc(-c4ccccc4)n3)cc(-c3cccc4ncccc34)c2)c2ccccc2c1C=C. The maximum absolute atomic E-state index is 5.09. The molecule has 0 amide bonds. The maximum atomic E-state index is 5.09. The Morgan fingerprint density at radius 3 is 1.62 bits per heavy atom. The van der Waals surface area contributed by atoms with Gasteiger partial charge in [0.2, 0.25) is 0 Å².